The van der Waals surface area contributed by atoms with E-state index in [-0.39, 0.29) is 5.56 Å². The van der Waals surface area contributed by atoms with Crippen LogP contribution in [-0.2, 0) is 0 Å². The molecule has 3 aromatic rings. The van der Waals surface area contributed by atoms with Crippen LogP contribution in [0.5, 0.6) is 5.75 Å². The average Bonchev–Trinajstić information content (AvgIpc) is 3.12. The predicted molar refractivity (Wildman–Crippen MR) is 112 cm³/mol. The molecule has 0 unspecified atom stereocenters. The molecule has 0 atom stereocenters. The number of fused-ring (bicyclic) bond motifs is 1. The smallest absolute Gasteiger partial charge is 0.339 e. The minimum atomic E-state index is -0.971. The molecule has 1 saturated heterocycles. The first-order valence-electron chi connectivity index (χ1n) is 9.09. The molecule has 0 radical (unpaired) electrons. The molecule has 1 aliphatic rings. The lowest BCUT2D eigenvalue weighted by Crippen LogP contribution is -2.47. The maximum Gasteiger partial charge on any atom is 0.339 e. The Labute approximate surface area is 171 Å². The Morgan fingerprint density at radius 3 is 2.75 bits per heavy atom. The fourth-order valence-electron chi connectivity index (χ4n) is 3.24. The van der Waals surface area contributed by atoms with E-state index in [1.807, 2.05) is 18.2 Å². The van der Waals surface area contributed by atoms with Crippen molar-refractivity contribution in [3.63, 3.8) is 0 Å². The normalized spacial score (nSPS) is 15.1. The molecule has 1 fully saturated rings. The van der Waals surface area contributed by atoms with Gasteiger partial charge in [-0.05, 0) is 30.3 Å². The van der Waals surface area contributed by atoms with Gasteiger partial charge in [0.25, 0.3) is 0 Å². The molecular weight excluding hydrogens is 398 g/mol. The van der Waals surface area contributed by atoms with E-state index < -0.39 is 5.97 Å². The standard InChI is InChI=1S/C20H20ClN3O3S/c21-14-5-6-16-18(13-14)28-20(22-16)24-9-7-23(8-10-24)11-12-27-17-4-2-1-3-15(17)19(25)26/h1-6,13H,7-12H2,(H,25,26). The summed E-state index contributed by atoms with van der Waals surface area (Å²) in [7, 11) is 0. The Hall–Kier alpha value is -2.35. The van der Waals surface area contributed by atoms with Crippen molar-refractivity contribution >= 4 is 44.3 Å². The molecule has 2 aromatic carbocycles. The molecule has 0 spiro atoms. The number of hydrogen-bond donors (Lipinski definition) is 1. The molecule has 28 heavy (non-hydrogen) atoms. The highest BCUT2D eigenvalue weighted by Gasteiger charge is 2.20. The first-order valence-corrected chi connectivity index (χ1v) is 10.3. The predicted octanol–water partition coefficient (Wildman–Crippen LogP) is 3.85. The lowest BCUT2D eigenvalue weighted by Gasteiger charge is -2.34. The molecule has 1 N–H and O–H groups in total. The van der Waals surface area contributed by atoms with Gasteiger partial charge in [-0.1, -0.05) is 35.1 Å². The van der Waals surface area contributed by atoms with Crippen molar-refractivity contribution in [2.24, 2.45) is 0 Å². The number of carboxylic acids is 1. The Morgan fingerprint density at radius 1 is 1.18 bits per heavy atom. The van der Waals surface area contributed by atoms with Crippen LogP contribution in [-0.4, -0.2) is 60.3 Å². The van der Waals surface area contributed by atoms with Gasteiger partial charge in [0, 0.05) is 37.7 Å². The molecule has 6 nitrogen and oxygen atoms in total. The van der Waals surface area contributed by atoms with Crippen LogP contribution in [0.2, 0.25) is 5.02 Å². The van der Waals surface area contributed by atoms with Crippen LogP contribution in [0.3, 0.4) is 0 Å². The summed E-state index contributed by atoms with van der Waals surface area (Å²) < 4.78 is 6.81. The van der Waals surface area contributed by atoms with E-state index in [1.165, 1.54) is 0 Å². The molecule has 8 heteroatoms. The van der Waals surface area contributed by atoms with Crippen LogP contribution >= 0.6 is 22.9 Å². The minimum Gasteiger partial charge on any atom is -0.491 e. The molecule has 0 saturated carbocycles. The highest BCUT2D eigenvalue weighted by molar-refractivity contribution is 7.22. The van der Waals surface area contributed by atoms with E-state index in [2.05, 4.69) is 9.80 Å². The highest BCUT2D eigenvalue weighted by atomic mass is 35.5. The van der Waals surface area contributed by atoms with E-state index in [0.29, 0.717) is 12.4 Å². The van der Waals surface area contributed by atoms with Gasteiger partial charge in [-0.25, -0.2) is 9.78 Å². The maximum atomic E-state index is 11.2. The Morgan fingerprint density at radius 2 is 1.96 bits per heavy atom. The zero-order chi connectivity index (χ0) is 19.5. The Balaban J connectivity index is 1.29. The fraction of sp³-hybridized carbons (Fsp3) is 0.300. The maximum absolute atomic E-state index is 11.2. The lowest BCUT2D eigenvalue weighted by molar-refractivity contribution is 0.0691. The van der Waals surface area contributed by atoms with Crippen LogP contribution in [0.1, 0.15) is 10.4 Å². The summed E-state index contributed by atoms with van der Waals surface area (Å²) in [5.74, 6) is -0.553. The number of aromatic nitrogens is 1. The number of thiazole rings is 1. The summed E-state index contributed by atoms with van der Waals surface area (Å²) in [5.41, 5.74) is 1.18. The number of para-hydroxylation sites is 1. The summed E-state index contributed by atoms with van der Waals surface area (Å²) in [6.07, 6.45) is 0. The van der Waals surface area contributed by atoms with Crippen molar-refractivity contribution in [2.45, 2.75) is 0 Å². The summed E-state index contributed by atoms with van der Waals surface area (Å²) in [6, 6.07) is 12.5. The van der Waals surface area contributed by atoms with E-state index in [9.17, 15) is 9.90 Å². The van der Waals surface area contributed by atoms with Gasteiger partial charge in [0.1, 0.15) is 17.9 Å². The molecule has 0 aliphatic carbocycles. The van der Waals surface area contributed by atoms with Crippen molar-refractivity contribution in [1.82, 2.24) is 9.88 Å². The number of ether oxygens (including phenoxy) is 1. The number of rotatable bonds is 6. The van der Waals surface area contributed by atoms with Gasteiger partial charge in [-0.2, -0.15) is 0 Å². The molecule has 0 amide bonds. The van der Waals surface area contributed by atoms with Crippen molar-refractivity contribution in [2.75, 3.05) is 44.2 Å². The van der Waals surface area contributed by atoms with E-state index >= 15 is 0 Å². The van der Waals surface area contributed by atoms with Crippen LogP contribution in [0.15, 0.2) is 42.5 Å². The van der Waals surface area contributed by atoms with Gasteiger partial charge in [-0.3, -0.25) is 4.90 Å². The van der Waals surface area contributed by atoms with Crippen molar-refractivity contribution < 1.29 is 14.6 Å². The highest BCUT2D eigenvalue weighted by Crippen LogP contribution is 2.31. The first kappa shape index (κ1) is 19.0. The Kier molecular flexibility index (Phi) is 5.66. The zero-order valence-electron chi connectivity index (χ0n) is 15.2. The second-order valence-electron chi connectivity index (χ2n) is 6.59. The molecule has 2 heterocycles. The monoisotopic (exact) mass is 417 g/mol. The Bertz CT molecular complexity index is 986. The topological polar surface area (TPSA) is 65.9 Å². The lowest BCUT2D eigenvalue weighted by atomic mass is 10.2. The third-order valence-corrected chi connectivity index (χ3v) is 6.08. The average molecular weight is 418 g/mol. The van der Waals surface area contributed by atoms with Crippen LogP contribution in [0.4, 0.5) is 5.13 Å². The van der Waals surface area contributed by atoms with Gasteiger partial charge in [0.2, 0.25) is 0 Å². The van der Waals surface area contributed by atoms with Crippen molar-refractivity contribution in [3.8, 4) is 5.75 Å². The number of carboxylic acid groups (broad SMARTS) is 1. The number of nitrogens with zero attached hydrogens (tertiary/aromatic N) is 3. The number of aromatic carboxylic acids is 1. The number of hydrogen-bond acceptors (Lipinski definition) is 6. The summed E-state index contributed by atoms with van der Waals surface area (Å²) in [4.78, 5) is 20.6. The molecule has 0 bridgehead atoms. The second-order valence-corrected chi connectivity index (χ2v) is 8.03. The molecular formula is C20H20ClN3O3S. The van der Waals surface area contributed by atoms with E-state index in [4.69, 9.17) is 21.3 Å². The summed E-state index contributed by atoms with van der Waals surface area (Å²) in [5, 5.41) is 11.0. The summed E-state index contributed by atoms with van der Waals surface area (Å²) in [6.45, 7) is 4.86. The van der Waals surface area contributed by atoms with Crippen LogP contribution in [0, 0.1) is 0 Å². The third kappa shape index (κ3) is 4.22. The molecule has 1 aliphatic heterocycles. The number of carbonyl (C=O) groups is 1. The molecule has 4 rings (SSSR count). The molecule has 146 valence electrons. The van der Waals surface area contributed by atoms with E-state index in [1.54, 1.807) is 35.6 Å². The number of halogens is 1. The van der Waals surface area contributed by atoms with Gasteiger partial charge < -0.3 is 14.7 Å². The first-order chi connectivity index (χ1) is 13.6. The van der Waals surface area contributed by atoms with Gasteiger partial charge >= 0.3 is 5.97 Å². The van der Waals surface area contributed by atoms with Gasteiger partial charge in [0.05, 0.1) is 10.2 Å². The number of piperazine rings is 1. The largest absolute Gasteiger partial charge is 0.491 e. The zero-order valence-corrected chi connectivity index (χ0v) is 16.7. The van der Waals surface area contributed by atoms with Crippen LogP contribution in [0.25, 0.3) is 10.2 Å². The number of benzene rings is 2. The van der Waals surface area contributed by atoms with Gasteiger partial charge in [-0.15, -0.1) is 0 Å². The van der Waals surface area contributed by atoms with Crippen molar-refractivity contribution in [1.29, 1.82) is 0 Å². The van der Waals surface area contributed by atoms with E-state index in [0.717, 1.165) is 53.1 Å². The number of anilines is 1. The fourth-order valence-corrected chi connectivity index (χ4v) is 4.53. The molecule has 1 aromatic heterocycles. The minimum absolute atomic E-state index is 0.197. The van der Waals surface area contributed by atoms with Crippen LogP contribution < -0.4 is 9.64 Å². The summed E-state index contributed by atoms with van der Waals surface area (Å²) >= 11 is 7.74. The third-order valence-electron chi connectivity index (χ3n) is 4.76. The second kappa shape index (κ2) is 8.34. The van der Waals surface area contributed by atoms with Gasteiger partial charge in [0.15, 0.2) is 5.13 Å². The quantitative estimate of drug-likeness (QED) is 0.657. The van der Waals surface area contributed by atoms with Crippen molar-refractivity contribution in [3.05, 3.63) is 53.1 Å². The SMILES string of the molecule is O=C(O)c1ccccc1OCCN1CCN(c2nc3ccc(Cl)cc3s2)CC1.